The molecule has 2 heterocycles. The Hall–Kier alpha value is -3.55. The molecule has 2 amide bonds. The summed E-state index contributed by atoms with van der Waals surface area (Å²) in [4.78, 5) is 34.2. The largest absolute Gasteiger partial charge is 0.394 e. The third-order valence-electron chi connectivity index (χ3n) is 6.82. The van der Waals surface area contributed by atoms with Crippen LogP contribution in [0.4, 0.5) is 0 Å². The zero-order valence-corrected chi connectivity index (χ0v) is 21.0. The normalized spacial score (nSPS) is 19.0. The van der Waals surface area contributed by atoms with Crippen LogP contribution in [0.15, 0.2) is 73.1 Å². The third kappa shape index (κ3) is 5.48. The average Bonchev–Trinajstić information content (AvgIpc) is 2.94. The van der Waals surface area contributed by atoms with E-state index in [2.05, 4.69) is 4.98 Å². The first-order chi connectivity index (χ1) is 17.4. The molecule has 0 saturated heterocycles. The van der Waals surface area contributed by atoms with E-state index in [1.165, 1.54) is 0 Å². The number of carbonyl (C=O) groups is 2. The summed E-state index contributed by atoms with van der Waals surface area (Å²) in [6, 6.07) is 18.5. The molecule has 36 heavy (non-hydrogen) atoms. The fraction of sp³-hybridized carbons (Fsp3) is 0.345. The van der Waals surface area contributed by atoms with Gasteiger partial charge in [0.1, 0.15) is 0 Å². The second-order valence-corrected chi connectivity index (χ2v) is 9.44. The number of fused-ring (bicyclic) bond motifs is 3. The van der Waals surface area contributed by atoms with Crippen molar-refractivity contribution >= 4 is 11.8 Å². The average molecular weight is 488 g/mol. The van der Waals surface area contributed by atoms with Crippen molar-refractivity contribution < 1.29 is 19.4 Å². The van der Waals surface area contributed by atoms with Crippen molar-refractivity contribution in [3.05, 3.63) is 89.7 Å². The van der Waals surface area contributed by atoms with Crippen molar-refractivity contribution in [2.45, 2.75) is 32.6 Å². The number of rotatable bonds is 5. The number of pyridine rings is 1. The Kier molecular flexibility index (Phi) is 8.13. The van der Waals surface area contributed by atoms with Gasteiger partial charge in [0.25, 0.3) is 11.8 Å². The number of benzene rings is 2. The molecule has 3 atom stereocenters. The summed E-state index contributed by atoms with van der Waals surface area (Å²) >= 11 is 0. The monoisotopic (exact) mass is 487 g/mol. The van der Waals surface area contributed by atoms with Crippen molar-refractivity contribution in [2.24, 2.45) is 5.92 Å². The lowest BCUT2D eigenvalue weighted by Gasteiger charge is -2.35. The zero-order chi connectivity index (χ0) is 25.7. The van der Waals surface area contributed by atoms with E-state index in [9.17, 15) is 14.7 Å². The quantitative estimate of drug-likeness (QED) is 0.591. The lowest BCUT2D eigenvalue weighted by atomic mass is 9.94. The summed E-state index contributed by atoms with van der Waals surface area (Å²) in [6.07, 6.45) is 2.86. The highest BCUT2D eigenvalue weighted by Gasteiger charge is 2.31. The first-order valence-electron chi connectivity index (χ1n) is 12.3. The fourth-order valence-corrected chi connectivity index (χ4v) is 4.62. The zero-order valence-electron chi connectivity index (χ0n) is 21.0. The lowest BCUT2D eigenvalue weighted by Crippen LogP contribution is -2.47. The number of hydrogen-bond donors (Lipinski definition) is 1. The van der Waals surface area contributed by atoms with E-state index >= 15 is 0 Å². The third-order valence-corrected chi connectivity index (χ3v) is 6.82. The topological polar surface area (TPSA) is 83.0 Å². The number of nitrogens with zero attached hydrogens (tertiary/aromatic N) is 3. The Bertz CT molecular complexity index is 1200. The van der Waals surface area contributed by atoms with E-state index in [0.29, 0.717) is 30.8 Å². The van der Waals surface area contributed by atoms with Gasteiger partial charge in [-0.05, 0) is 41.8 Å². The van der Waals surface area contributed by atoms with Gasteiger partial charge in [-0.2, -0.15) is 0 Å². The van der Waals surface area contributed by atoms with Crippen molar-refractivity contribution in [2.75, 3.05) is 26.7 Å². The first kappa shape index (κ1) is 25.5. The summed E-state index contributed by atoms with van der Waals surface area (Å²) in [5, 5.41) is 9.97. The second kappa shape index (κ2) is 11.5. The van der Waals surface area contributed by atoms with Gasteiger partial charge in [-0.15, -0.1) is 0 Å². The predicted molar refractivity (Wildman–Crippen MR) is 138 cm³/mol. The van der Waals surface area contributed by atoms with Gasteiger partial charge in [-0.3, -0.25) is 14.6 Å². The minimum absolute atomic E-state index is 0.104. The van der Waals surface area contributed by atoms with E-state index in [1.807, 2.05) is 62.4 Å². The summed E-state index contributed by atoms with van der Waals surface area (Å²) in [5.74, 6) is -0.351. The molecule has 0 saturated carbocycles. The second-order valence-electron chi connectivity index (χ2n) is 9.44. The molecule has 188 valence electrons. The van der Waals surface area contributed by atoms with Gasteiger partial charge in [0, 0.05) is 49.6 Å². The number of aliphatic hydroxyl groups excluding tert-OH is 1. The van der Waals surface area contributed by atoms with Gasteiger partial charge >= 0.3 is 0 Å². The van der Waals surface area contributed by atoms with Crippen LogP contribution in [0.25, 0.3) is 11.1 Å². The minimum Gasteiger partial charge on any atom is -0.394 e. The van der Waals surface area contributed by atoms with E-state index in [4.69, 9.17) is 4.74 Å². The maximum Gasteiger partial charge on any atom is 0.254 e. The lowest BCUT2D eigenvalue weighted by molar-refractivity contribution is -0.0209. The minimum atomic E-state index is -0.374. The van der Waals surface area contributed by atoms with Crippen LogP contribution in [0.5, 0.6) is 0 Å². The number of carbonyl (C=O) groups excluding carboxylic acids is 2. The van der Waals surface area contributed by atoms with Gasteiger partial charge in [-0.1, -0.05) is 49.4 Å². The number of ether oxygens (including phenoxy) is 1. The maximum absolute atomic E-state index is 13.8. The van der Waals surface area contributed by atoms with Crippen molar-refractivity contribution in [1.82, 2.24) is 14.8 Å². The molecule has 0 spiro atoms. The molecule has 1 aromatic heterocycles. The van der Waals surface area contributed by atoms with Gasteiger partial charge < -0.3 is 19.6 Å². The molecule has 0 fully saturated rings. The molecule has 7 nitrogen and oxygen atoms in total. The Balaban J connectivity index is 1.71. The van der Waals surface area contributed by atoms with Crippen LogP contribution in [0.2, 0.25) is 0 Å². The van der Waals surface area contributed by atoms with Gasteiger partial charge in [0.05, 0.1) is 25.4 Å². The number of aromatic nitrogens is 1. The molecule has 4 rings (SSSR count). The van der Waals surface area contributed by atoms with Crippen molar-refractivity contribution in [3.63, 3.8) is 0 Å². The fourth-order valence-electron chi connectivity index (χ4n) is 4.62. The summed E-state index contributed by atoms with van der Waals surface area (Å²) < 4.78 is 6.47. The number of hydrogen-bond acceptors (Lipinski definition) is 5. The number of likely N-dealkylation sites (N-methyl/N-ethyl adjacent to an activating group) is 1. The SMILES string of the molecule is C[C@@H]1CN([C@H](C)CO)C(=O)c2ccccc2-c2ccccc2CO[C@@H]1CN(C)C(=O)c1ccncc1. The highest BCUT2D eigenvalue weighted by Crippen LogP contribution is 2.31. The number of aliphatic hydroxyl groups is 1. The molecule has 3 aromatic rings. The Labute approximate surface area is 212 Å². The highest BCUT2D eigenvalue weighted by molar-refractivity contribution is 6.01. The summed E-state index contributed by atoms with van der Waals surface area (Å²) in [5.41, 5.74) is 3.91. The molecule has 0 aliphatic carbocycles. The molecule has 7 heteroatoms. The summed E-state index contributed by atoms with van der Waals surface area (Å²) in [7, 11) is 1.76. The van der Waals surface area contributed by atoms with Crippen molar-refractivity contribution in [3.8, 4) is 11.1 Å². The Morgan fingerprint density at radius 3 is 2.42 bits per heavy atom. The number of amides is 2. The van der Waals surface area contributed by atoms with Gasteiger partial charge in [0.2, 0.25) is 0 Å². The van der Waals surface area contributed by atoms with E-state index in [1.54, 1.807) is 41.4 Å². The molecule has 0 bridgehead atoms. The molecule has 1 aliphatic heterocycles. The van der Waals surface area contributed by atoms with Crippen LogP contribution < -0.4 is 0 Å². The van der Waals surface area contributed by atoms with E-state index in [0.717, 1.165) is 16.7 Å². The highest BCUT2D eigenvalue weighted by atomic mass is 16.5. The maximum atomic E-state index is 13.8. The molecular weight excluding hydrogens is 454 g/mol. The van der Waals surface area contributed by atoms with Crippen LogP contribution in [-0.4, -0.2) is 70.6 Å². The first-order valence-corrected chi connectivity index (χ1v) is 12.3. The summed E-state index contributed by atoms with van der Waals surface area (Å²) in [6.45, 7) is 4.80. The standard InChI is InChI=1S/C29H33N3O4/c1-20-16-32(21(2)18-33)29(35)26-11-7-6-10-25(26)24-9-5-4-8-23(24)19-36-27(20)17-31(3)28(34)22-12-14-30-15-13-22/h4-15,20-21,27,33H,16-19H2,1-3H3/t20-,21-,27-/m1/s1. The van der Waals surface area contributed by atoms with Crippen LogP contribution in [0.3, 0.4) is 0 Å². The molecule has 1 aliphatic rings. The predicted octanol–water partition coefficient (Wildman–Crippen LogP) is 3.88. The van der Waals surface area contributed by atoms with Crippen LogP contribution >= 0.6 is 0 Å². The molecule has 0 radical (unpaired) electrons. The van der Waals surface area contributed by atoms with E-state index < -0.39 is 0 Å². The molecule has 2 aromatic carbocycles. The Morgan fingerprint density at radius 2 is 1.72 bits per heavy atom. The van der Waals surface area contributed by atoms with E-state index in [-0.39, 0.29) is 36.5 Å². The van der Waals surface area contributed by atoms with Gasteiger partial charge in [-0.25, -0.2) is 0 Å². The smallest absolute Gasteiger partial charge is 0.254 e. The van der Waals surface area contributed by atoms with Crippen molar-refractivity contribution in [1.29, 1.82) is 0 Å². The van der Waals surface area contributed by atoms with Gasteiger partial charge in [0.15, 0.2) is 0 Å². The molecule has 1 N–H and O–H groups in total. The van der Waals surface area contributed by atoms with Crippen LogP contribution in [0.1, 0.15) is 40.1 Å². The Morgan fingerprint density at radius 1 is 1.08 bits per heavy atom. The van der Waals surface area contributed by atoms with Crippen LogP contribution in [0, 0.1) is 5.92 Å². The molecular formula is C29H33N3O4. The molecule has 0 unspecified atom stereocenters. The van der Waals surface area contributed by atoms with Crippen LogP contribution in [-0.2, 0) is 11.3 Å².